The molecule has 8 heteroatoms. The van der Waals surface area contributed by atoms with E-state index in [9.17, 15) is 8.42 Å². The summed E-state index contributed by atoms with van der Waals surface area (Å²) in [7, 11) is 0.687. The molecule has 0 saturated heterocycles. The first-order valence-corrected chi connectivity index (χ1v) is 9.10. The number of nitrogens with two attached hydrogens (primary N) is 1. The number of pyridine rings is 1. The van der Waals surface area contributed by atoms with Gasteiger partial charge in [0.2, 0.25) is 9.84 Å². The van der Waals surface area contributed by atoms with E-state index in [0.29, 0.717) is 28.2 Å². The highest BCUT2D eigenvalue weighted by Crippen LogP contribution is 2.35. The van der Waals surface area contributed by atoms with Crippen LogP contribution < -0.4 is 19.9 Å². The van der Waals surface area contributed by atoms with E-state index in [0.717, 1.165) is 0 Å². The molecule has 0 unspecified atom stereocenters. The maximum Gasteiger partial charge on any atom is 0.210 e. The summed E-state index contributed by atoms with van der Waals surface area (Å²) in [6, 6.07) is 10.9. The molecular formula is C18H18N2O5S. The van der Waals surface area contributed by atoms with Gasteiger partial charge < -0.3 is 19.9 Å². The lowest BCUT2D eigenvalue weighted by Gasteiger charge is -2.12. The second-order valence-electron chi connectivity index (χ2n) is 5.45. The monoisotopic (exact) mass is 374 g/mol. The molecule has 0 radical (unpaired) electrons. The van der Waals surface area contributed by atoms with Gasteiger partial charge in [-0.2, -0.15) is 0 Å². The van der Waals surface area contributed by atoms with Crippen molar-refractivity contribution in [3.8, 4) is 17.2 Å². The van der Waals surface area contributed by atoms with E-state index in [2.05, 4.69) is 4.98 Å². The second-order valence-corrected chi connectivity index (χ2v) is 7.37. The fourth-order valence-electron chi connectivity index (χ4n) is 2.59. The molecule has 0 spiro atoms. The molecule has 2 aromatic carbocycles. The van der Waals surface area contributed by atoms with Crippen LogP contribution in [0.15, 0.2) is 52.3 Å². The van der Waals surface area contributed by atoms with Gasteiger partial charge in [-0.1, -0.05) is 0 Å². The van der Waals surface area contributed by atoms with Crippen LogP contribution >= 0.6 is 0 Å². The van der Waals surface area contributed by atoms with E-state index >= 15 is 0 Å². The number of benzene rings is 2. The van der Waals surface area contributed by atoms with Crippen LogP contribution in [0, 0.1) is 0 Å². The van der Waals surface area contributed by atoms with Crippen molar-refractivity contribution >= 4 is 26.6 Å². The van der Waals surface area contributed by atoms with Crippen LogP contribution in [0.2, 0.25) is 0 Å². The first-order chi connectivity index (χ1) is 12.4. The number of sulfone groups is 1. The average molecular weight is 374 g/mol. The Bertz CT molecular complexity index is 1060. The molecule has 3 rings (SSSR count). The van der Waals surface area contributed by atoms with Gasteiger partial charge in [0.15, 0.2) is 11.5 Å². The van der Waals surface area contributed by atoms with Crippen LogP contribution in [0.25, 0.3) is 10.9 Å². The smallest absolute Gasteiger partial charge is 0.210 e. The maximum atomic E-state index is 13.0. The molecule has 7 nitrogen and oxygen atoms in total. The minimum atomic E-state index is -3.84. The molecule has 0 fully saturated rings. The molecule has 1 aromatic heterocycles. The van der Waals surface area contributed by atoms with Crippen molar-refractivity contribution in [3.05, 3.63) is 42.5 Å². The summed E-state index contributed by atoms with van der Waals surface area (Å²) in [6.45, 7) is 0. The lowest BCUT2D eigenvalue weighted by molar-refractivity contribution is 0.356. The lowest BCUT2D eigenvalue weighted by Crippen LogP contribution is -2.07. The van der Waals surface area contributed by atoms with Gasteiger partial charge in [0, 0.05) is 11.5 Å². The van der Waals surface area contributed by atoms with E-state index in [1.807, 2.05) is 0 Å². The number of anilines is 1. The highest BCUT2D eigenvalue weighted by Gasteiger charge is 2.23. The topological polar surface area (TPSA) is 101 Å². The van der Waals surface area contributed by atoms with Crippen LogP contribution in [0.5, 0.6) is 17.2 Å². The van der Waals surface area contributed by atoms with Gasteiger partial charge in [-0.25, -0.2) is 13.4 Å². The quantitative estimate of drug-likeness (QED) is 0.733. The molecule has 0 aliphatic rings. The van der Waals surface area contributed by atoms with Gasteiger partial charge in [-0.15, -0.1) is 0 Å². The van der Waals surface area contributed by atoms with Crippen LogP contribution in [0.4, 0.5) is 5.82 Å². The lowest BCUT2D eigenvalue weighted by atomic mass is 10.2. The van der Waals surface area contributed by atoms with Crippen LogP contribution in [-0.2, 0) is 9.84 Å². The van der Waals surface area contributed by atoms with Crippen LogP contribution in [-0.4, -0.2) is 34.7 Å². The zero-order chi connectivity index (χ0) is 18.9. The summed E-state index contributed by atoms with van der Waals surface area (Å²) >= 11 is 0. The standard InChI is InChI=1S/C18H18N2O5S/c1-23-12-4-6-13(7-5-12)26(21,22)17-9-11-8-15(24-2)16(25-3)10-14(11)20-18(17)19/h4-10H,1-3H3,(H2,19,20). The van der Waals surface area contributed by atoms with Gasteiger partial charge in [0.05, 0.1) is 31.7 Å². The van der Waals surface area contributed by atoms with Crippen molar-refractivity contribution in [2.45, 2.75) is 9.79 Å². The van der Waals surface area contributed by atoms with E-state index in [1.54, 1.807) is 24.3 Å². The molecule has 1 heterocycles. The minimum absolute atomic E-state index is 0.0672. The third-order valence-corrected chi connectivity index (χ3v) is 5.77. The summed E-state index contributed by atoms with van der Waals surface area (Å²) in [5, 5.41) is 0.573. The fraction of sp³-hybridized carbons (Fsp3) is 0.167. The Morgan fingerprint density at radius 2 is 1.50 bits per heavy atom. The summed E-state index contributed by atoms with van der Waals surface area (Å²) in [6.07, 6.45) is 0. The summed E-state index contributed by atoms with van der Waals surface area (Å²) in [5.41, 5.74) is 6.45. The molecule has 0 saturated carbocycles. The van der Waals surface area contributed by atoms with Crippen molar-refractivity contribution in [1.82, 2.24) is 4.98 Å². The SMILES string of the molecule is COc1ccc(S(=O)(=O)c2cc3cc(OC)c(OC)cc3nc2N)cc1. The normalized spacial score (nSPS) is 11.3. The third-order valence-electron chi connectivity index (χ3n) is 3.97. The molecule has 0 aliphatic heterocycles. The summed E-state index contributed by atoms with van der Waals surface area (Å²) < 4.78 is 41.5. The molecule has 0 amide bonds. The van der Waals surface area contributed by atoms with Crippen molar-refractivity contribution in [2.24, 2.45) is 0 Å². The number of ether oxygens (including phenoxy) is 3. The first kappa shape index (κ1) is 17.8. The minimum Gasteiger partial charge on any atom is -0.497 e. The number of nitrogens with zero attached hydrogens (tertiary/aromatic N) is 1. The molecule has 0 atom stereocenters. The number of nitrogen functional groups attached to an aromatic ring is 1. The summed E-state index contributed by atoms with van der Waals surface area (Å²) in [4.78, 5) is 4.26. The Kier molecular flexibility index (Phi) is 4.60. The number of rotatable bonds is 5. The number of fused-ring (bicyclic) bond motifs is 1. The molecule has 2 N–H and O–H groups in total. The zero-order valence-corrected chi connectivity index (χ0v) is 15.3. The van der Waals surface area contributed by atoms with Gasteiger partial charge >= 0.3 is 0 Å². The van der Waals surface area contributed by atoms with Crippen molar-refractivity contribution in [1.29, 1.82) is 0 Å². The predicted octanol–water partition coefficient (Wildman–Crippen LogP) is 2.68. The summed E-state index contributed by atoms with van der Waals surface area (Å²) in [5.74, 6) is 1.43. The first-order valence-electron chi connectivity index (χ1n) is 7.62. The van der Waals surface area contributed by atoms with Crippen molar-refractivity contribution in [2.75, 3.05) is 27.1 Å². The Labute approximate surface area is 151 Å². The Balaban J connectivity index is 2.18. The molecule has 0 bridgehead atoms. The predicted molar refractivity (Wildman–Crippen MR) is 97.7 cm³/mol. The van der Waals surface area contributed by atoms with Crippen molar-refractivity contribution < 1.29 is 22.6 Å². The highest BCUT2D eigenvalue weighted by molar-refractivity contribution is 7.91. The largest absolute Gasteiger partial charge is 0.497 e. The van der Waals surface area contributed by atoms with E-state index in [4.69, 9.17) is 19.9 Å². The van der Waals surface area contributed by atoms with Crippen LogP contribution in [0.1, 0.15) is 0 Å². The highest BCUT2D eigenvalue weighted by atomic mass is 32.2. The number of aromatic nitrogens is 1. The van der Waals surface area contributed by atoms with E-state index < -0.39 is 9.84 Å². The molecular weight excluding hydrogens is 356 g/mol. The average Bonchev–Trinajstić information content (AvgIpc) is 2.66. The molecule has 3 aromatic rings. The third kappa shape index (κ3) is 2.99. The Morgan fingerprint density at radius 1 is 0.885 bits per heavy atom. The molecule has 0 aliphatic carbocycles. The number of hydrogen-bond acceptors (Lipinski definition) is 7. The molecule has 136 valence electrons. The second kappa shape index (κ2) is 6.72. The number of hydrogen-bond donors (Lipinski definition) is 1. The van der Waals surface area contributed by atoms with Crippen LogP contribution in [0.3, 0.4) is 0 Å². The van der Waals surface area contributed by atoms with E-state index in [1.165, 1.54) is 39.5 Å². The van der Waals surface area contributed by atoms with Crippen molar-refractivity contribution in [3.63, 3.8) is 0 Å². The zero-order valence-electron chi connectivity index (χ0n) is 14.5. The van der Waals surface area contributed by atoms with Gasteiger partial charge in [-0.3, -0.25) is 0 Å². The molecule has 26 heavy (non-hydrogen) atoms. The Morgan fingerprint density at radius 3 is 2.08 bits per heavy atom. The Hall–Kier alpha value is -3.00. The van der Waals surface area contributed by atoms with Gasteiger partial charge in [-0.05, 0) is 36.4 Å². The number of methoxy groups -OCH3 is 3. The fourth-order valence-corrected chi connectivity index (χ4v) is 3.94. The van der Waals surface area contributed by atoms with Gasteiger partial charge in [0.1, 0.15) is 16.5 Å². The van der Waals surface area contributed by atoms with E-state index in [-0.39, 0.29) is 15.6 Å². The maximum absolute atomic E-state index is 13.0. The van der Waals surface area contributed by atoms with Gasteiger partial charge in [0.25, 0.3) is 0 Å².